The van der Waals surface area contributed by atoms with Crippen LogP contribution in [0.1, 0.15) is 25.3 Å². The summed E-state index contributed by atoms with van der Waals surface area (Å²) in [5.41, 5.74) is 1.96. The van der Waals surface area contributed by atoms with Crippen molar-refractivity contribution in [3.8, 4) is 0 Å². The molecule has 3 aliphatic heterocycles. The van der Waals surface area contributed by atoms with Crippen LogP contribution in [0.3, 0.4) is 0 Å². The molecule has 4 nitrogen and oxygen atoms in total. The molecular weight excluding hydrogens is 336 g/mol. The van der Waals surface area contributed by atoms with Gasteiger partial charge in [-0.1, -0.05) is 37.3 Å². The van der Waals surface area contributed by atoms with Crippen LogP contribution in [0.25, 0.3) is 0 Å². The monoisotopic (exact) mass is 372 g/mol. The fourth-order valence-electron chi connectivity index (χ4n) is 5.56. The minimum atomic E-state index is 0.470. The van der Waals surface area contributed by atoms with Gasteiger partial charge in [0.2, 0.25) is 0 Å². The fourth-order valence-corrected chi connectivity index (χ4v) is 5.56. The van der Waals surface area contributed by atoms with E-state index >= 15 is 0 Å². The molecule has 2 unspecified atom stereocenters. The molecule has 27 heavy (non-hydrogen) atoms. The Balaban J connectivity index is 1.40. The third kappa shape index (κ3) is 4.73. The van der Waals surface area contributed by atoms with Crippen molar-refractivity contribution in [2.45, 2.75) is 26.2 Å². The van der Waals surface area contributed by atoms with Gasteiger partial charge < -0.3 is 19.3 Å². The van der Waals surface area contributed by atoms with Crippen molar-refractivity contribution in [3.63, 3.8) is 0 Å². The summed E-state index contributed by atoms with van der Waals surface area (Å²) >= 11 is 0. The summed E-state index contributed by atoms with van der Waals surface area (Å²) in [7, 11) is 0. The number of nitrogens with zero attached hydrogens (tertiary/aromatic N) is 2. The van der Waals surface area contributed by atoms with E-state index in [1.165, 1.54) is 57.5 Å². The number of fused-ring (bicyclic) bond motifs is 1. The first-order valence-electron chi connectivity index (χ1n) is 10.9. The number of ether oxygens (including phenoxy) is 2. The predicted molar refractivity (Wildman–Crippen MR) is 109 cm³/mol. The van der Waals surface area contributed by atoms with E-state index in [1.807, 2.05) is 0 Å². The molecule has 3 fully saturated rings. The number of aryl methyl sites for hydroxylation is 1. The van der Waals surface area contributed by atoms with Gasteiger partial charge in [0, 0.05) is 44.1 Å². The summed E-state index contributed by atoms with van der Waals surface area (Å²) in [6.45, 7) is 13.0. The second-order valence-electron chi connectivity index (χ2n) is 8.99. The normalized spacial score (nSPS) is 30.5. The molecule has 0 radical (unpaired) electrons. The maximum atomic E-state index is 5.73. The molecule has 0 amide bonds. The minimum absolute atomic E-state index is 0.470. The standard InChI is InChI=1S/C23H36N2O2/c1-2-10-24-14-22-15-25(13-21-16-26-11-12-27-17-21)19-23(22,18-24)9-8-20-6-4-3-5-7-20/h3-7,21-22H,2,8-19H2,1H3. The van der Waals surface area contributed by atoms with Gasteiger partial charge >= 0.3 is 0 Å². The molecule has 0 saturated carbocycles. The van der Waals surface area contributed by atoms with Crippen LogP contribution in [0.15, 0.2) is 30.3 Å². The smallest absolute Gasteiger partial charge is 0.0700 e. The second-order valence-corrected chi connectivity index (χ2v) is 8.99. The van der Waals surface area contributed by atoms with Crippen LogP contribution < -0.4 is 0 Å². The van der Waals surface area contributed by atoms with E-state index in [1.54, 1.807) is 0 Å². The highest BCUT2D eigenvalue weighted by atomic mass is 16.5. The lowest BCUT2D eigenvalue weighted by atomic mass is 9.76. The molecule has 3 saturated heterocycles. The average Bonchev–Trinajstić information content (AvgIpc) is 3.02. The molecule has 0 spiro atoms. The van der Waals surface area contributed by atoms with Crippen molar-refractivity contribution in [2.75, 3.05) is 65.7 Å². The van der Waals surface area contributed by atoms with Gasteiger partial charge in [0.1, 0.15) is 0 Å². The Hall–Kier alpha value is -0.940. The van der Waals surface area contributed by atoms with E-state index in [9.17, 15) is 0 Å². The summed E-state index contributed by atoms with van der Waals surface area (Å²) in [4.78, 5) is 5.45. The molecule has 3 heterocycles. The van der Waals surface area contributed by atoms with Crippen LogP contribution in [0.5, 0.6) is 0 Å². The van der Waals surface area contributed by atoms with E-state index in [-0.39, 0.29) is 0 Å². The highest BCUT2D eigenvalue weighted by molar-refractivity contribution is 5.16. The highest BCUT2D eigenvalue weighted by Gasteiger charge is 2.51. The zero-order chi connectivity index (χ0) is 18.5. The molecule has 4 heteroatoms. The third-order valence-corrected chi connectivity index (χ3v) is 6.79. The molecule has 3 aliphatic rings. The van der Waals surface area contributed by atoms with E-state index in [0.717, 1.165) is 38.9 Å². The lowest BCUT2D eigenvalue weighted by Gasteiger charge is -2.31. The van der Waals surface area contributed by atoms with E-state index in [4.69, 9.17) is 9.47 Å². The maximum absolute atomic E-state index is 5.73. The van der Waals surface area contributed by atoms with Gasteiger partial charge in [0.05, 0.1) is 26.4 Å². The van der Waals surface area contributed by atoms with Crippen LogP contribution in [-0.2, 0) is 15.9 Å². The SMILES string of the molecule is CCCN1CC2CN(CC3COCCOC3)CC2(CCc2ccccc2)C1. The number of rotatable bonds is 7. The first kappa shape index (κ1) is 19.4. The molecule has 0 aromatic heterocycles. The number of benzene rings is 1. The summed E-state index contributed by atoms with van der Waals surface area (Å²) < 4.78 is 11.5. The molecule has 4 rings (SSSR count). The number of likely N-dealkylation sites (tertiary alicyclic amines) is 2. The topological polar surface area (TPSA) is 24.9 Å². The van der Waals surface area contributed by atoms with Crippen molar-refractivity contribution in [1.82, 2.24) is 9.80 Å². The van der Waals surface area contributed by atoms with E-state index < -0.39 is 0 Å². The Morgan fingerprint density at radius 2 is 1.70 bits per heavy atom. The Labute approximate surface area is 164 Å². The molecule has 1 aromatic rings. The van der Waals surface area contributed by atoms with Crippen LogP contribution in [-0.4, -0.2) is 75.5 Å². The number of hydrogen-bond donors (Lipinski definition) is 0. The molecule has 0 bridgehead atoms. The van der Waals surface area contributed by atoms with Crippen molar-refractivity contribution in [1.29, 1.82) is 0 Å². The largest absolute Gasteiger partial charge is 0.379 e. The van der Waals surface area contributed by atoms with Gasteiger partial charge in [-0.25, -0.2) is 0 Å². The summed E-state index contributed by atoms with van der Waals surface area (Å²) in [5.74, 6) is 1.35. The number of hydrogen-bond acceptors (Lipinski definition) is 4. The van der Waals surface area contributed by atoms with Gasteiger partial charge in [-0.2, -0.15) is 0 Å². The van der Waals surface area contributed by atoms with Gasteiger partial charge in [-0.15, -0.1) is 0 Å². The second kappa shape index (κ2) is 9.04. The lowest BCUT2D eigenvalue weighted by molar-refractivity contribution is 0.103. The molecule has 150 valence electrons. The molecule has 0 N–H and O–H groups in total. The van der Waals surface area contributed by atoms with Gasteiger partial charge in [-0.05, 0) is 37.3 Å². The van der Waals surface area contributed by atoms with Crippen molar-refractivity contribution < 1.29 is 9.47 Å². The van der Waals surface area contributed by atoms with Crippen LogP contribution in [0.2, 0.25) is 0 Å². The minimum Gasteiger partial charge on any atom is -0.379 e. The third-order valence-electron chi connectivity index (χ3n) is 6.79. The van der Waals surface area contributed by atoms with Gasteiger partial charge in [0.15, 0.2) is 0 Å². The molecule has 1 aromatic carbocycles. The Bertz CT molecular complexity index is 573. The van der Waals surface area contributed by atoms with Gasteiger partial charge in [0.25, 0.3) is 0 Å². The molecule has 0 aliphatic carbocycles. The van der Waals surface area contributed by atoms with Crippen LogP contribution in [0, 0.1) is 17.3 Å². The quantitative estimate of drug-likeness (QED) is 0.735. The first-order valence-corrected chi connectivity index (χ1v) is 10.9. The molecular formula is C23H36N2O2. The molecule has 2 atom stereocenters. The first-order chi connectivity index (χ1) is 13.3. The predicted octanol–water partition coefficient (Wildman–Crippen LogP) is 2.93. The van der Waals surface area contributed by atoms with Gasteiger partial charge in [-0.3, -0.25) is 0 Å². The van der Waals surface area contributed by atoms with Crippen LogP contribution in [0.4, 0.5) is 0 Å². The lowest BCUT2D eigenvalue weighted by Crippen LogP contribution is -2.37. The Morgan fingerprint density at radius 3 is 2.44 bits per heavy atom. The van der Waals surface area contributed by atoms with E-state index in [2.05, 4.69) is 47.1 Å². The van der Waals surface area contributed by atoms with E-state index in [0.29, 0.717) is 11.3 Å². The average molecular weight is 373 g/mol. The zero-order valence-corrected chi connectivity index (χ0v) is 16.9. The fraction of sp³-hybridized carbons (Fsp3) is 0.739. The summed E-state index contributed by atoms with van der Waals surface area (Å²) in [6, 6.07) is 11.1. The zero-order valence-electron chi connectivity index (χ0n) is 16.9. The Kier molecular flexibility index (Phi) is 6.49. The maximum Gasteiger partial charge on any atom is 0.0700 e. The van der Waals surface area contributed by atoms with Crippen molar-refractivity contribution in [3.05, 3.63) is 35.9 Å². The van der Waals surface area contributed by atoms with Crippen molar-refractivity contribution >= 4 is 0 Å². The summed E-state index contributed by atoms with van der Waals surface area (Å²) in [6.07, 6.45) is 3.79. The Morgan fingerprint density at radius 1 is 1.00 bits per heavy atom. The highest BCUT2D eigenvalue weighted by Crippen LogP contribution is 2.46. The summed E-state index contributed by atoms with van der Waals surface area (Å²) in [5, 5.41) is 0. The van der Waals surface area contributed by atoms with Crippen molar-refractivity contribution in [2.24, 2.45) is 17.3 Å². The van der Waals surface area contributed by atoms with Crippen LogP contribution >= 0.6 is 0 Å².